The molecule has 0 aliphatic carbocycles. The van der Waals surface area contributed by atoms with Crippen molar-refractivity contribution in [1.29, 1.82) is 0 Å². The van der Waals surface area contributed by atoms with Gasteiger partial charge in [-0.1, -0.05) is 0 Å². The Labute approximate surface area is 120 Å². The highest BCUT2D eigenvalue weighted by molar-refractivity contribution is 5.72. The first-order valence-corrected chi connectivity index (χ1v) is 6.46. The summed E-state index contributed by atoms with van der Waals surface area (Å²) in [7, 11) is 1.47. The monoisotopic (exact) mass is 296 g/mol. The molecule has 1 saturated heterocycles. The topological polar surface area (TPSA) is 111 Å². The van der Waals surface area contributed by atoms with Crippen molar-refractivity contribution in [3.05, 3.63) is 28.3 Å². The van der Waals surface area contributed by atoms with Gasteiger partial charge in [0.25, 0.3) is 5.69 Å². The normalized spacial score (nSPS) is 21.0. The van der Waals surface area contributed by atoms with E-state index in [-0.39, 0.29) is 11.8 Å². The summed E-state index contributed by atoms with van der Waals surface area (Å²) in [4.78, 5) is 21.3. The van der Waals surface area contributed by atoms with Crippen LogP contribution in [0.2, 0.25) is 0 Å². The average Bonchev–Trinajstić information content (AvgIpc) is 2.93. The molecule has 1 aliphatic heterocycles. The minimum atomic E-state index is -0.982. The molecule has 1 aromatic carbocycles. The Kier molecular flexibility index (Phi) is 4.59. The number of methoxy groups -OCH3 is 1. The molecule has 0 bridgehead atoms. The van der Waals surface area contributed by atoms with E-state index in [4.69, 9.17) is 14.6 Å². The minimum Gasteiger partial charge on any atom is -0.497 e. The predicted molar refractivity (Wildman–Crippen MR) is 73.7 cm³/mol. The second kappa shape index (κ2) is 6.40. The number of benzene rings is 1. The third kappa shape index (κ3) is 3.60. The Morgan fingerprint density at radius 1 is 1.57 bits per heavy atom. The maximum atomic E-state index is 11.0. The molecule has 2 atom stereocenters. The summed E-state index contributed by atoms with van der Waals surface area (Å²) >= 11 is 0. The van der Waals surface area contributed by atoms with Crippen LogP contribution >= 0.6 is 0 Å². The molecule has 0 radical (unpaired) electrons. The van der Waals surface area contributed by atoms with Gasteiger partial charge in [-0.15, -0.1) is 0 Å². The van der Waals surface area contributed by atoms with Gasteiger partial charge in [-0.3, -0.25) is 10.1 Å². The first kappa shape index (κ1) is 15.0. The molecule has 1 heterocycles. The second-order valence-corrected chi connectivity index (χ2v) is 4.68. The summed E-state index contributed by atoms with van der Waals surface area (Å²) in [5, 5.41) is 22.8. The number of nitro benzene ring substituents is 1. The van der Waals surface area contributed by atoms with Crippen LogP contribution in [0.15, 0.2) is 18.2 Å². The highest BCUT2D eigenvalue weighted by Crippen LogP contribution is 2.29. The molecule has 21 heavy (non-hydrogen) atoms. The van der Waals surface area contributed by atoms with E-state index in [9.17, 15) is 14.9 Å². The Bertz CT molecular complexity index is 547. The lowest BCUT2D eigenvalue weighted by atomic mass is 10.2. The van der Waals surface area contributed by atoms with E-state index in [0.29, 0.717) is 30.8 Å². The third-order valence-electron chi connectivity index (χ3n) is 3.30. The fraction of sp³-hybridized carbons (Fsp3) is 0.462. The highest BCUT2D eigenvalue weighted by atomic mass is 16.6. The summed E-state index contributed by atoms with van der Waals surface area (Å²) in [5.41, 5.74) is 0.255. The van der Waals surface area contributed by atoms with Crippen LogP contribution in [-0.4, -0.2) is 41.9 Å². The van der Waals surface area contributed by atoms with Gasteiger partial charge in [0.05, 0.1) is 18.1 Å². The highest BCUT2D eigenvalue weighted by Gasteiger charge is 2.30. The molecule has 1 aliphatic rings. The summed E-state index contributed by atoms with van der Waals surface area (Å²) in [5.74, 6) is -0.483. The number of nitrogens with zero attached hydrogens (tertiary/aromatic N) is 1. The largest absolute Gasteiger partial charge is 0.497 e. The number of carboxylic acids is 1. The molecule has 1 aromatic rings. The zero-order chi connectivity index (χ0) is 15.4. The van der Waals surface area contributed by atoms with Crippen LogP contribution in [0.5, 0.6) is 5.75 Å². The zero-order valence-electron chi connectivity index (χ0n) is 11.4. The van der Waals surface area contributed by atoms with Crippen LogP contribution < -0.4 is 10.1 Å². The molecular weight excluding hydrogens is 280 g/mol. The van der Waals surface area contributed by atoms with Crippen LogP contribution in [0.1, 0.15) is 12.8 Å². The maximum absolute atomic E-state index is 11.0. The number of carboxylic acid groups (broad SMARTS) is 1. The molecule has 0 amide bonds. The van der Waals surface area contributed by atoms with E-state index >= 15 is 0 Å². The van der Waals surface area contributed by atoms with Gasteiger partial charge >= 0.3 is 5.97 Å². The second-order valence-electron chi connectivity index (χ2n) is 4.68. The molecule has 8 nitrogen and oxygen atoms in total. The number of carbonyl (C=O) groups is 1. The number of anilines is 1. The zero-order valence-corrected chi connectivity index (χ0v) is 11.4. The van der Waals surface area contributed by atoms with Gasteiger partial charge in [0.1, 0.15) is 11.4 Å². The van der Waals surface area contributed by atoms with Crippen molar-refractivity contribution in [3.8, 4) is 5.75 Å². The average molecular weight is 296 g/mol. The van der Waals surface area contributed by atoms with E-state index in [0.717, 1.165) is 0 Å². The molecule has 1 fully saturated rings. The quantitative estimate of drug-likeness (QED) is 0.606. The van der Waals surface area contributed by atoms with Crippen molar-refractivity contribution >= 4 is 17.3 Å². The smallest absolute Gasteiger partial charge is 0.332 e. The number of ether oxygens (including phenoxy) is 2. The molecular formula is C13H16N2O6. The van der Waals surface area contributed by atoms with Gasteiger partial charge < -0.3 is 19.9 Å². The predicted octanol–water partition coefficient (Wildman–Crippen LogP) is 1.65. The van der Waals surface area contributed by atoms with Crippen molar-refractivity contribution < 1.29 is 24.3 Å². The third-order valence-corrected chi connectivity index (χ3v) is 3.30. The van der Waals surface area contributed by atoms with E-state index in [1.54, 1.807) is 0 Å². The first-order chi connectivity index (χ1) is 10.0. The number of nitro groups is 1. The van der Waals surface area contributed by atoms with Gasteiger partial charge in [-0.25, -0.2) is 4.79 Å². The Morgan fingerprint density at radius 2 is 2.33 bits per heavy atom. The van der Waals surface area contributed by atoms with Crippen molar-refractivity contribution in [2.75, 3.05) is 19.0 Å². The Morgan fingerprint density at radius 3 is 2.90 bits per heavy atom. The summed E-state index contributed by atoms with van der Waals surface area (Å²) in [6.45, 7) is 0.303. The molecule has 8 heteroatoms. The van der Waals surface area contributed by atoms with E-state index in [2.05, 4.69) is 5.32 Å². The summed E-state index contributed by atoms with van der Waals surface area (Å²) < 4.78 is 10.4. The lowest BCUT2D eigenvalue weighted by molar-refractivity contribution is -0.384. The van der Waals surface area contributed by atoms with Crippen LogP contribution in [0.3, 0.4) is 0 Å². The Balaban J connectivity index is 2.02. The van der Waals surface area contributed by atoms with Gasteiger partial charge in [0.2, 0.25) is 0 Å². The Hall–Kier alpha value is -2.35. The van der Waals surface area contributed by atoms with E-state index in [1.807, 2.05) is 0 Å². The van der Waals surface area contributed by atoms with Gasteiger partial charge in [-0.05, 0) is 18.9 Å². The summed E-state index contributed by atoms with van der Waals surface area (Å²) in [6, 6.07) is 4.40. The molecule has 2 N–H and O–H groups in total. The fourth-order valence-electron chi connectivity index (χ4n) is 2.20. The van der Waals surface area contributed by atoms with Crippen LogP contribution in [0.4, 0.5) is 11.4 Å². The number of hydrogen-bond acceptors (Lipinski definition) is 6. The fourth-order valence-corrected chi connectivity index (χ4v) is 2.20. The molecule has 2 unspecified atom stereocenters. The van der Waals surface area contributed by atoms with Crippen LogP contribution in [0, 0.1) is 10.1 Å². The molecule has 2 rings (SSSR count). The van der Waals surface area contributed by atoms with Crippen molar-refractivity contribution in [2.45, 2.75) is 25.0 Å². The first-order valence-electron chi connectivity index (χ1n) is 6.46. The minimum absolute atomic E-state index is 0.0661. The van der Waals surface area contributed by atoms with Crippen molar-refractivity contribution in [3.63, 3.8) is 0 Å². The van der Waals surface area contributed by atoms with E-state index in [1.165, 1.54) is 25.3 Å². The van der Waals surface area contributed by atoms with Crippen molar-refractivity contribution in [1.82, 2.24) is 0 Å². The molecule has 114 valence electrons. The molecule has 0 spiro atoms. The van der Waals surface area contributed by atoms with Gasteiger partial charge in [0, 0.05) is 18.7 Å². The van der Waals surface area contributed by atoms with Gasteiger partial charge in [-0.2, -0.15) is 0 Å². The van der Waals surface area contributed by atoms with Gasteiger partial charge in [0.15, 0.2) is 6.10 Å². The molecule has 0 saturated carbocycles. The maximum Gasteiger partial charge on any atom is 0.332 e. The number of aliphatic carboxylic acids is 1. The number of rotatable bonds is 6. The van der Waals surface area contributed by atoms with E-state index < -0.39 is 17.0 Å². The lowest BCUT2D eigenvalue weighted by Crippen LogP contribution is -2.24. The standard InChI is InChI=1S/C13H16N2O6/c1-20-8-2-4-11(15(18)19)10(6-8)14-7-9-3-5-12(21-9)13(16)17/h2,4,6,9,12,14H,3,5,7H2,1H3,(H,16,17). The van der Waals surface area contributed by atoms with Crippen LogP contribution in [-0.2, 0) is 9.53 Å². The molecule has 0 aromatic heterocycles. The summed E-state index contributed by atoms with van der Waals surface area (Å²) in [6.07, 6.45) is -0.0297. The number of nitrogens with one attached hydrogen (secondary N) is 1. The SMILES string of the molecule is COc1ccc([N+](=O)[O-])c(NCC2CCC(C(=O)O)O2)c1. The number of hydrogen-bond donors (Lipinski definition) is 2. The van der Waals surface area contributed by atoms with Crippen LogP contribution in [0.25, 0.3) is 0 Å². The lowest BCUT2D eigenvalue weighted by Gasteiger charge is -2.14. The van der Waals surface area contributed by atoms with Crippen molar-refractivity contribution in [2.24, 2.45) is 0 Å².